The fourth-order valence-corrected chi connectivity index (χ4v) is 9.04. The zero-order chi connectivity index (χ0) is 32.7. The van der Waals surface area contributed by atoms with Gasteiger partial charge in [-0.2, -0.15) is 0 Å². The summed E-state index contributed by atoms with van der Waals surface area (Å²) in [5, 5.41) is 22.9. The monoisotopic (exact) mass is 776 g/mol. The smallest absolute Gasteiger partial charge is 0.386 e. The van der Waals surface area contributed by atoms with Crippen molar-refractivity contribution in [2.24, 2.45) is 0 Å². The number of rotatable bonds is 2. The van der Waals surface area contributed by atoms with Crippen molar-refractivity contribution in [2.75, 3.05) is 13.2 Å². The van der Waals surface area contributed by atoms with E-state index >= 15 is 0 Å². The summed E-state index contributed by atoms with van der Waals surface area (Å²) in [5.41, 5.74) is 0.193. The summed E-state index contributed by atoms with van der Waals surface area (Å²) in [6.07, 6.45) is -8.79. The molecule has 46 heavy (non-hydrogen) atoms. The molecule has 4 aromatic rings. The summed E-state index contributed by atoms with van der Waals surface area (Å²) in [5.74, 6) is 0. The lowest BCUT2D eigenvalue weighted by molar-refractivity contribution is -0.0560. The van der Waals surface area contributed by atoms with Gasteiger partial charge in [0.15, 0.2) is 23.6 Å². The number of imidazole rings is 2. The number of thiol groups is 2. The molecule has 3 fully saturated rings. The molecule has 3 aliphatic rings. The van der Waals surface area contributed by atoms with Crippen LogP contribution in [0.5, 0.6) is 0 Å². The highest BCUT2D eigenvalue weighted by Gasteiger charge is 2.53. The molecule has 248 valence electrons. The van der Waals surface area contributed by atoms with Gasteiger partial charge < -0.3 is 24.7 Å². The Hall–Kier alpha value is -1.25. The summed E-state index contributed by atoms with van der Waals surface area (Å²) in [7, 11) is 0. The number of nitrogens with one attached hydrogen (secondary N) is 1. The van der Waals surface area contributed by atoms with Crippen LogP contribution in [0.1, 0.15) is 12.5 Å². The number of fused-ring (bicyclic) bond motifs is 4. The number of nitrogens with zero attached hydrogens (tertiary/aromatic N) is 5. The van der Waals surface area contributed by atoms with Crippen LogP contribution in [0.4, 0.5) is 0 Å². The fraction of sp³-hybridized carbons (Fsp3) is 0.455. The van der Waals surface area contributed by atoms with E-state index in [4.69, 9.17) is 62.4 Å². The first-order valence-corrected chi connectivity index (χ1v) is 19.7. The lowest BCUT2D eigenvalue weighted by Crippen LogP contribution is -2.38. The molecule has 1 aromatic carbocycles. The van der Waals surface area contributed by atoms with Crippen molar-refractivity contribution in [3.63, 3.8) is 0 Å². The summed E-state index contributed by atoms with van der Waals surface area (Å²) < 4.78 is 63.8. The number of aliphatic hydroxyl groups is 2. The van der Waals surface area contributed by atoms with Gasteiger partial charge in [0.05, 0.1) is 46.9 Å². The van der Waals surface area contributed by atoms with Gasteiger partial charge in [-0.05, 0) is 23.7 Å². The maximum absolute atomic E-state index is 13.5. The van der Waals surface area contributed by atoms with Crippen LogP contribution >= 0.6 is 72.9 Å². The lowest BCUT2D eigenvalue weighted by atomic mass is 10.1. The zero-order valence-electron chi connectivity index (χ0n) is 22.6. The first kappa shape index (κ1) is 33.3. The second-order valence-electron chi connectivity index (χ2n) is 10.3. The van der Waals surface area contributed by atoms with Crippen molar-refractivity contribution < 1.29 is 46.9 Å². The Morgan fingerprint density at radius 1 is 0.913 bits per heavy atom. The number of H-pyrrole nitrogens is 1. The molecular weight excluding hydrogens is 757 g/mol. The first-order chi connectivity index (χ1) is 21.7. The summed E-state index contributed by atoms with van der Waals surface area (Å²) >= 11 is 26.9. The van der Waals surface area contributed by atoms with E-state index in [0.29, 0.717) is 11.0 Å². The molecule has 17 nitrogen and oxygen atoms in total. The van der Waals surface area contributed by atoms with Gasteiger partial charge in [-0.3, -0.25) is 32.0 Å². The third-order valence-electron chi connectivity index (χ3n) is 7.51. The first-order valence-electron chi connectivity index (χ1n) is 13.1. The minimum absolute atomic E-state index is 0.0295. The van der Waals surface area contributed by atoms with Gasteiger partial charge in [-0.15, -0.1) is 0 Å². The van der Waals surface area contributed by atoms with Crippen LogP contribution in [0, 0.1) is 0 Å². The molecule has 3 N–H and O–H groups in total. The maximum atomic E-state index is 13.5. The molecule has 10 atom stereocenters. The summed E-state index contributed by atoms with van der Waals surface area (Å²) in [6, 6.07) is 2.94. The minimum Gasteiger partial charge on any atom is -0.386 e. The Labute approximate surface area is 282 Å². The van der Waals surface area contributed by atoms with Crippen LogP contribution < -0.4 is 5.56 Å². The molecule has 3 saturated heterocycles. The molecule has 0 bridgehead atoms. The second kappa shape index (κ2) is 12.3. The number of hydrogen-bond acceptors (Lipinski definition) is 14. The normalized spacial score (nSPS) is 37.2. The van der Waals surface area contributed by atoms with Crippen LogP contribution in [-0.4, -0.2) is 89.1 Å². The van der Waals surface area contributed by atoms with Crippen molar-refractivity contribution in [1.82, 2.24) is 29.1 Å². The fourth-order valence-electron chi connectivity index (χ4n) is 5.47. The van der Waals surface area contributed by atoms with Crippen molar-refractivity contribution >= 4 is 95.1 Å². The lowest BCUT2D eigenvalue weighted by Gasteiger charge is -2.28. The van der Waals surface area contributed by atoms with Crippen LogP contribution in [0.2, 0.25) is 15.3 Å². The molecular formula is C22H21Cl3N6O11P2S2. The molecule has 3 aromatic heterocycles. The van der Waals surface area contributed by atoms with E-state index in [2.05, 4.69) is 44.4 Å². The number of halogens is 3. The van der Waals surface area contributed by atoms with Crippen LogP contribution in [0.25, 0.3) is 22.2 Å². The third kappa shape index (κ3) is 5.97. The Kier molecular flexibility index (Phi) is 8.87. The van der Waals surface area contributed by atoms with Gasteiger partial charge in [0, 0.05) is 0 Å². The molecule has 0 amide bonds. The van der Waals surface area contributed by atoms with E-state index in [-0.39, 0.29) is 26.5 Å². The number of hydrogen-bond donors (Lipinski definition) is 5. The van der Waals surface area contributed by atoms with Gasteiger partial charge in [0.25, 0.3) is 5.56 Å². The van der Waals surface area contributed by atoms with Crippen LogP contribution in [-0.2, 0) is 36.7 Å². The van der Waals surface area contributed by atoms with Crippen molar-refractivity contribution in [3.05, 3.63) is 50.5 Å². The summed E-state index contributed by atoms with van der Waals surface area (Å²) in [6.45, 7) is -9.82. The van der Waals surface area contributed by atoms with E-state index in [1.165, 1.54) is 27.6 Å². The number of ether oxygens (including phenoxy) is 2. The highest BCUT2D eigenvalue weighted by Crippen LogP contribution is 2.60. The molecule has 10 unspecified atom stereocenters. The Balaban J connectivity index is 1.18. The van der Waals surface area contributed by atoms with Gasteiger partial charge >= 0.3 is 13.6 Å². The van der Waals surface area contributed by atoms with Gasteiger partial charge in [-0.25, -0.2) is 24.1 Å². The van der Waals surface area contributed by atoms with Crippen LogP contribution in [0.3, 0.4) is 0 Å². The summed E-state index contributed by atoms with van der Waals surface area (Å²) in [4.78, 5) is 26.8. The predicted molar refractivity (Wildman–Crippen MR) is 168 cm³/mol. The number of aliphatic hydroxyl groups excluding tert-OH is 2. The molecule has 0 aliphatic carbocycles. The largest absolute Gasteiger partial charge is 0.386 e. The van der Waals surface area contributed by atoms with Gasteiger partial charge in [0.1, 0.15) is 36.6 Å². The quantitative estimate of drug-likeness (QED) is 0.146. The van der Waals surface area contributed by atoms with E-state index in [9.17, 15) is 24.1 Å². The van der Waals surface area contributed by atoms with Gasteiger partial charge in [0.2, 0.25) is 5.28 Å². The number of benzene rings is 1. The molecule has 7 rings (SSSR count). The topological polar surface area (TPSA) is 211 Å². The van der Waals surface area contributed by atoms with Crippen molar-refractivity contribution in [1.29, 1.82) is 0 Å². The van der Waals surface area contributed by atoms with Gasteiger partial charge in [-0.1, -0.05) is 47.7 Å². The maximum Gasteiger partial charge on any atom is 0.386 e. The van der Waals surface area contributed by atoms with E-state index < -0.39 is 81.4 Å². The van der Waals surface area contributed by atoms with E-state index in [0.717, 1.165) is 6.33 Å². The number of aromatic amines is 1. The van der Waals surface area contributed by atoms with Crippen LogP contribution in [0.15, 0.2) is 29.6 Å². The SMILES string of the molecule is O=c1[nH]cnc2c1ncn2C1OC2COP(=O)(S)OC3C(COP(=O)(S)OC2C1O)OC(n1c(Cl)nc2cc(Cl)c(Cl)cc21)C3O. The Morgan fingerprint density at radius 3 is 2.15 bits per heavy atom. The van der Waals surface area contributed by atoms with Crippen molar-refractivity contribution in [2.45, 2.75) is 49.1 Å². The van der Waals surface area contributed by atoms with E-state index in [1.807, 2.05) is 0 Å². The average molecular weight is 778 g/mol. The average Bonchev–Trinajstić information content (AvgIpc) is 3.71. The highest BCUT2D eigenvalue weighted by molar-refractivity contribution is 8.44. The third-order valence-corrected chi connectivity index (χ3v) is 11.7. The second-order valence-corrected chi connectivity index (χ2v) is 17.2. The van der Waals surface area contributed by atoms with Crippen molar-refractivity contribution in [3.8, 4) is 0 Å². The Bertz CT molecular complexity index is 2000. The molecule has 3 aliphatic heterocycles. The number of aromatic nitrogens is 6. The molecule has 0 radical (unpaired) electrons. The molecule has 0 saturated carbocycles. The predicted octanol–water partition coefficient (Wildman–Crippen LogP) is 3.54. The molecule has 24 heteroatoms. The molecule has 6 heterocycles. The zero-order valence-corrected chi connectivity index (χ0v) is 28.4. The Morgan fingerprint density at radius 2 is 1.50 bits per heavy atom. The van der Waals surface area contributed by atoms with E-state index in [1.54, 1.807) is 0 Å². The molecule has 0 spiro atoms. The standard InChI is InChI=1S/C22H21Cl3N6O11P2S2/c23-7-1-9-10(2-8(7)24)31(22(25)29-9)21-15(33)17-12(40-21)4-38-43(35,45)41-16-11(3-37-44(36,46)42-17)39-20(14(16)32)30-6-28-13-18(30)26-5-27-19(13)34/h1-2,5-6,11-12,14-17,20-21,32-33H,3-4H2,(H,35,45)(H,36,46)(H,26,27,34). The minimum atomic E-state index is -4.33. The highest BCUT2D eigenvalue weighted by atomic mass is 35.5.